The summed E-state index contributed by atoms with van der Waals surface area (Å²) in [5.74, 6) is 0.285. The van der Waals surface area contributed by atoms with Gasteiger partial charge in [0.25, 0.3) is 0 Å². The normalized spacial score (nSPS) is 14.6. The molecule has 42 heavy (non-hydrogen) atoms. The molecule has 3 aromatic carbocycles. The maximum Gasteiger partial charge on any atom is 0.195 e. The number of imidazole rings is 2. The fraction of sp³-hybridized carbons (Fsp3) is 0.182. The van der Waals surface area contributed by atoms with Crippen LogP contribution in [-0.2, 0) is 6.42 Å². The first-order valence-electron chi connectivity index (χ1n) is 13.9. The lowest BCUT2D eigenvalue weighted by Crippen LogP contribution is -2.12. The lowest BCUT2D eigenvalue weighted by atomic mass is 9.85. The zero-order chi connectivity index (χ0) is 28.8. The zero-order valence-electron chi connectivity index (χ0n) is 23.2. The molecule has 6 aromatic rings. The van der Waals surface area contributed by atoms with Crippen molar-refractivity contribution >= 4 is 51.0 Å². The Balaban J connectivity index is 1.35. The summed E-state index contributed by atoms with van der Waals surface area (Å²) < 4.78 is 3.88. The zero-order valence-corrected chi connectivity index (χ0v) is 25.5. The molecular weight excluding hydrogens is 583 g/mol. The summed E-state index contributed by atoms with van der Waals surface area (Å²) >= 11 is 15.6. The molecule has 0 saturated carbocycles. The van der Waals surface area contributed by atoms with Gasteiger partial charge in [0.05, 0.1) is 62.5 Å². The van der Waals surface area contributed by atoms with Crippen molar-refractivity contribution in [2.24, 2.45) is 0 Å². The van der Waals surface area contributed by atoms with Crippen LogP contribution in [0.3, 0.4) is 0 Å². The molecule has 7 rings (SSSR count). The van der Waals surface area contributed by atoms with Crippen LogP contribution in [0.2, 0.25) is 10.0 Å². The van der Waals surface area contributed by atoms with Gasteiger partial charge in [0.2, 0.25) is 0 Å². The van der Waals surface area contributed by atoms with Gasteiger partial charge in [-0.1, -0.05) is 53.5 Å². The molecule has 3 heterocycles. The van der Waals surface area contributed by atoms with Gasteiger partial charge in [0.1, 0.15) is 0 Å². The molecule has 210 valence electrons. The van der Waals surface area contributed by atoms with E-state index in [1.54, 1.807) is 24.0 Å². The first-order valence-corrected chi connectivity index (χ1v) is 15.5. The van der Waals surface area contributed by atoms with Gasteiger partial charge in [0.15, 0.2) is 5.13 Å². The molecule has 9 heteroatoms. The molecule has 0 aliphatic heterocycles. The highest BCUT2D eigenvalue weighted by Crippen LogP contribution is 2.46. The lowest BCUT2D eigenvalue weighted by Gasteiger charge is -2.24. The standard InChI is InChI=1S/C33H28Cl2N6S/c1-21-17-39(19-36-21)29-13-11-24(15-27(29)34)41(25-12-14-30(28(35)16-25)40-18-22(2)37-20-40)33-38-32-26(9-6-10-31(32)42-33)23-7-4-3-5-8-23/h3-5,7-8,11-20,26H,6,9-10H2,1-2H3. The van der Waals surface area contributed by atoms with Gasteiger partial charge < -0.3 is 9.13 Å². The number of benzene rings is 3. The molecule has 0 fully saturated rings. The molecule has 0 bridgehead atoms. The fourth-order valence-corrected chi connectivity index (χ4v) is 7.43. The Hall–Kier alpha value is -3.91. The first-order chi connectivity index (χ1) is 20.4. The Morgan fingerprint density at radius 2 is 1.40 bits per heavy atom. The average Bonchev–Trinajstić information content (AvgIpc) is 3.73. The highest BCUT2D eigenvalue weighted by molar-refractivity contribution is 7.15. The third-order valence-electron chi connectivity index (χ3n) is 7.69. The van der Waals surface area contributed by atoms with E-state index in [-0.39, 0.29) is 5.92 Å². The number of rotatable bonds is 6. The quantitative estimate of drug-likeness (QED) is 0.188. The second kappa shape index (κ2) is 11.1. The molecule has 0 spiro atoms. The van der Waals surface area contributed by atoms with E-state index in [9.17, 15) is 0 Å². The van der Waals surface area contributed by atoms with Crippen molar-refractivity contribution in [3.05, 3.63) is 129 Å². The van der Waals surface area contributed by atoms with Crippen LogP contribution in [0.5, 0.6) is 0 Å². The minimum atomic E-state index is 0.285. The minimum Gasteiger partial charge on any atom is -0.305 e. The maximum absolute atomic E-state index is 6.91. The molecular formula is C33H28Cl2N6S. The van der Waals surface area contributed by atoms with E-state index in [0.717, 1.165) is 58.5 Å². The second-order valence-corrected chi connectivity index (χ2v) is 12.5. The molecule has 1 aliphatic carbocycles. The molecule has 1 aliphatic rings. The molecule has 0 N–H and O–H groups in total. The average molecular weight is 612 g/mol. The van der Waals surface area contributed by atoms with Crippen LogP contribution in [0.25, 0.3) is 11.4 Å². The predicted octanol–water partition coefficient (Wildman–Crippen LogP) is 9.38. The van der Waals surface area contributed by atoms with E-state index in [4.69, 9.17) is 28.2 Å². The van der Waals surface area contributed by atoms with E-state index in [1.807, 2.05) is 59.6 Å². The van der Waals surface area contributed by atoms with Crippen molar-refractivity contribution in [1.82, 2.24) is 24.1 Å². The van der Waals surface area contributed by atoms with Crippen LogP contribution in [0.1, 0.15) is 46.3 Å². The summed E-state index contributed by atoms with van der Waals surface area (Å²) in [6.07, 6.45) is 10.8. The summed E-state index contributed by atoms with van der Waals surface area (Å²) in [7, 11) is 0. The SMILES string of the molecule is Cc1cn(-c2ccc(N(c3ccc(-n4cnc(C)c4)c(Cl)c3)c3nc4c(s3)CCCC4c3ccccc3)cc2Cl)cn1. The molecule has 0 amide bonds. The van der Waals surface area contributed by atoms with Crippen molar-refractivity contribution in [3.8, 4) is 11.4 Å². The van der Waals surface area contributed by atoms with Gasteiger partial charge in [-0.15, -0.1) is 11.3 Å². The molecule has 1 atom stereocenters. The van der Waals surface area contributed by atoms with Crippen molar-refractivity contribution in [1.29, 1.82) is 0 Å². The predicted molar refractivity (Wildman–Crippen MR) is 172 cm³/mol. The van der Waals surface area contributed by atoms with Crippen molar-refractivity contribution < 1.29 is 0 Å². The van der Waals surface area contributed by atoms with E-state index in [2.05, 4.69) is 57.3 Å². The minimum absolute atomic E-state index is 0.285. The number of hydrogen-bond acceptors (Lipinski definition) is 5. The van der Waals surface area contributed by atoms with Crippen molar-refractivity contribution in [3.63, 3.8) is 0 Å². The number of hydrogen-bond donors (Lipinski definition) is 0. The van der Waals surface area contributed by atoms with Crippen LogP contribution in [0.15, 0.2) is 91.8 Å². The summed E-state index contributed by atoms with van der Waals surface area (Å²) in [5.41, 5.74) is 7.90. The van der Waals surface area contributed by atoms with Crippen LogP contribution < -0.4 is 4.90 Å². The second-order valence-electron chi connectivity index (χ2n) is 10.6. The van der Waals surface area contributed by atoms with Crippen LogP contribution in [0.4, 0.5) is 16.5 Å². The van der Waals surface area contributed by atoms with E-state index >= 15 is 0 Å². The number of nitrogens with zero attached hydrogens (tertiary/aromatic N) is 6. The molecule has 3 aromatic heterocycles. The third-order valence-corrected chi connectivity index (χ3v) is 9.42. The smallest absolute Gasteiger partial charge is 0.195 e. The Labute approximate surface area is 258 Å². The first kappa shape index (κ1) is 27.0. The Morgan fingerprint density at radius 1 is 0.810 bits per heavy atom. The van der Waals surface area contributed by atoms with Crippen LogP contribution >= 0.6 is 34.5 Å². The number of anilines is 3. The number of thiazole rings is 1. The topological polar surface area (TPSA) is 51.8 Å². The fourth-order valence-electron chi connectivity index (χ4n) is 5.68. The summed E-state index contributed by atoms with van der Waals surface area (Å²) in [6.45, 7) is 3.93. The Morgan fingerprint density at radius 3 is 1.93 bits per heavy atom. The van der Waals surface area contributed by atoms with Gasteiger partial charge >= 0.3 is 0 Å². The van der Waals surface area contributed by atoms with Gasteiger partial charge in [0, 0.05) is 23.2 Å². The summed E-state index contributed by atoms with van der Waals surface area (Å²) in [4.78, 5) is 17.5. The van der Waals surface area contributed by atoms with E-state index in [0.29, 0.717) is 10.0 Å². The largest absolute Gasteiger partial charge is 0.305 e. The number of halogens is 2. The number of aryl methyl sites for hydroxylation is 3. The number of aromatic nitrogens is 5. The molecule has 0 saturated heterocycles. The molecule has 0 radical (unpaired) electrons. The van der Waals surface area contributed by atoms with Gasteiger partial charge in [-0.05, 0) is 75.1 Å². The highest BCUT2D eigenvalue weighted by atomic mass is 35.5. The molecule has 6 nitrogen and oxygen atoms in total. The van der Waals surface area contributed by atoms with E-state index in [1.165, 1.54) is 16.1 Å². The Kier molecular flexibility index (Phi) is 7.10. The van der Waals surface area contributed by atoms with Gasteiger partial charge in [-0.2, -0.15) is 0 Å². The van der Waals surface area contributed by atoms with Crippen LogP contribution in [-0.4, -0.2) is 24.1 Å². The third kappa shape index (κ3) is 5.02. The number of fused-ring (bicyclic) bond motifs is 1. The van der Waals surface area contributed by atoms with Crippen molar-refractivity contribution in [2.45, 2.75) is 39.0 Å². The van der Waals surface area contributed by atoms with Crippen molar-refractivity contribution in [2.75, 3.05) is 4.90 Å². The summed E-state index contributed by atoms with van der Waals surface area (Å²) in [6, 6.07) is 22.9. The monoisotopic (exact) mass is 610 g/mol. The maximum atomic E-state index is 6.91. The van der Waals surface area contributed by atoms with Gasteiger partial charge in [-0.3, -0.25) is 4.90 Å². The lowest BCUT2D eigenvalue weighted by molar-refractivity contribution is 0.610. The van der Waals surface area contributed by atoms with Gasteiger partial charge in [-0.25, -0.2) is 15.0 Å². The molecule has 1 unspecified atom stereocenters. The summed E-state index contributed by atoms with van der Waals surface area (Å²) in [5, 5.41) is 2.14. The highest BCUT2D eigenvalue weighted by Gasteiger charge is 2.29. The Bertz CT molecular complexity index is 1800. The van der Waals surface area contributed by atoms with E-state index < -0.39 is 0 Å². The van der Waals surface area contributed by atoms with Crippen LogP contribution in [0, 0.1) is 13.8 Å².